The molecule has 1 heterocycles. The van der Waals surface area contributed by atoms with Gasteiger partial charge in [-0.15, -0.1) is 0 Å². The summed E-state index contributed by atoms with van der Waals surface area (Å²) in [5.41, 5.74) is 0.0697. The normalized spacial score (nSPS) is 9.81. The zero-order chi connectivity index (χ0) is 15.7. The number of para-hydroxylation sites is 1. The Bertz CT molecular complexity index is 548. The number of hydrogen-bond donors (Lipinski definition) is 0. The predicted octanol–water partition coefficient (Wildman–Crippen LogP) is 4.77. The lowest BCUT2D eigenvalue weighted by atomic mass is 10.2. The Morgan fingerprint density at radius 3 is 2.10 bits per heavy atom. The first-order valence-electron chi connectivity index (χ1n) is 6.45. The Morgan fingerprint density at radius 2 is 1.71 bits per heavy atom. The van der Waals surface area contributed by atoms with Crippen LogP contribution in [0, 0.1) is 12.5 Å². The topological polar surface area (TPSA) is 29.5 Å². The summed E-state index contributed by atoms with van der Waals surface area (Å²) in [4.78, 5) is 12.9. The van der Waals surface area contributed by atoms with Crippen molar-refractivity contribution >= 4 is 23.1 Å². The second-order valence-electron chi connectivity index (χ2n) is 5.07. The third kappa shape index (κ3) is 6.64. The molecular weight excluding hydrogens is 282 g/mol. The number of benzene rings is 1. The lowest BCUT2D eigenvalue weighted by Gasteiger charge is -2.23. The molecule has 0 aliphatic rings. The number of carbonyl (C=O) groups excluding carboxylic acids is 1. The third-order valence-corrected chi connectivity index (χ3v) is 2.77. The zero-order valence-corrected chi connectivity index (χ0v) is 13.3. The van der Waals surface area contributed by atoms with Crippen molar-refractivity contribution < 1.29 is 9.53 Å². The van der Waals surface area contributed by atoms with Crippen LogP contribution >= 0.6 is 11.3 Å². The zero-order valence-electron chi connectivity index (χ0n) is 12.4. The van der Waals surface area contributed by atoms with Gasteiger partial charge in [-0.3, -0.25) is 0 Å². The highest BCUT2D eigenvalue weighted by Gasteiger charge is 2.21. The number of ether oxygens (including phenoxy) is 1. The molecule has 0 N–H and O–H groups in total. The van der Waals surface area contributed by atoms with E-state index in [1.54, 1.807) is 44.2 Å². The summed E-state index contributed by atoms with van der Waals surface area (Å²) in [6.07, 6.45) is 4.76. The van der Waals surface area contributed by atoms with E-state index in [0.717, 1.165) is 4.90 Å². The average molecular weight is 301 g/mol. The first kappa shape index (κ1) is 16.8. The van der Waals surface area contributed by atoms with Gasteiger partial charge in [-0.1, -0.05) is 36.8 Å². The van der Waals surface area contributed by atoms with Gasteiger partial charge < -0.3 is 4.74 Å². The lowest BCUT2D eigenvalue weighted by Crippen LogP contribution is -2.33. The van der Waals surface area contributed by atoms with Gasteiger partial charge in [0.1, 0.15) is 5.60 Å². The van der Waals surface area contributed by atoms with E-state index in [1.165, 1.54) is 0 Å². The monoisotopic (exact) mass is 301 g/mol. The maximum atomic E-state index is 11.8. The molecule has 0 atom stereocenters. The number of carbonyl (C=O) groups is 1. The van der Waals surface area contributed by atoms with Gasteiger partial charge in [-0.25, -0.2) is 9.69 Å². The van der Waals surface area contributed by atoms with Gasteiger partial charge in [-0.05, 0) is 43.7 Å². The molecule has 21 heavy (non-hydrogen) atoms. The van der Waals surface area contributed by atoms with Crippen molar-refractivity contribution in [3.05, 3.63) is 53.2 Å². The fourth-order valence-corrected chi connectivity index (χ4v) is 1.80. The summed E-state index contributed by atoms with van der Waals surface area (Å²) in [7, 11) is 0. The summed E-state index contributed by atoms with van der Waals surface area (Å²) in [5.74, 6) is 0. The van der Waals surface area contributed by atoms with Crippen LogP contribution in [0.2, 0.25) is 0 Å². The molecule has 2 aromatic rings. The minimum absolute atomic E-state index is 0.541. The van der Waals surface area contributed by atoms with E-state index < -0.39 is 11.7 Å². The van der Waals surface area contributed by atoms with Gasteiger partial charge in [0.05, 0.1) is 5.69 Å². The lowest BCUT2D eigenvalue weighted by molar-refractivity contribution is 0.0600. The SMILES string of the molecule is C#CN(C(=O)OC(C)(C)C)c1ccccc1.c1ccsc1. The van der Waals surface area contributed by atoms with Gasteiger partial charge in [0.15, 0.2) is 0 Å². The molecule has 2 rings (SSSR count). The van der Waals surface area contributed by atoms with Crippen LogP contribution in [0.3, 0.4) is 0 Å². The molecule has 0 spiro atoms. The largest absolute Gasteiger partial charge is 0.443 e. The van der Waals surface area contributed by atoms with E-state index >= 15 is 0 Å². The molecule has 4 heteroatoms. The van der Waals surface area contributed by atoms with Gasteiger partial charge in [0.25, 0.3) is 0 Å². The molecule has 110 valence electrons. The fraction of sp³-hybridized carbons (Fsp3) is 0.235. The van der Waals surface area contributed by atoms with E-state index in [9.17, 15) is 4.79 Å². The van der Waals surface area contributed by atoms with Crippen molar-refractivity contribution in [1.29, 1.82) is 0 Å². The summed E-state index contributed by atoms with van der Waals surface area (Å²) in [6.45, 7) is 5.39. The minimum atomic E-state index is -0.555. The number of amides is 1. The van der Waals surface area contributed by atoms with Crippen molar-refractivity contribution in [2.75, 3.05) is 4.90 Å². The van der Waals surface area contributed by atoms with E-state index in [0.29, 0.717) is 5.69 Å². The highest BCUT2D eigenvalue weighted by atomic mass is 32.1. The Hall–Kier alpha value is -2.25. The van der Waals surface area contributed by atoms with Crippen molar-refractivity contribution in [1.82, 2.24) is 0 Å². The van der Waals surface area contributed by atoms with E-state index in [2.05, 4.69) is 6.04 Å². The number of terminal acetylenes is 1. The summed E-state index contributed by atoms with van der Waals surface area (Å²) in [5, 5.41) is 4.08. The molecule has 1 aromatic heterocycles. The highest BCUT2D eigenvalue weighted by molar-refractivity contribution is 7.07. The summed E-state index contributed by atoms with van der Waals surface area (Å²) >= 11 is 1.71. The van der Waals surface area contributed by atoms with Crippen molar-refractivity contribution in [2.45, 2.75) is 26.4 Å². The Balaban J connectivity index is 0.000000369. The van der Waals surface area contributed by atoms with Crippen LogP contribution < -0.4 is 4.90 Å². The molecule has 0 radical (unpaired) electrons. The van der Waals surface area contributed by atoms with Crippen LogP contribution in [0.4, 0.5) is 10.5 Å². The predicted molar refractivity (Wildman–Crippen MR) is 88.3 cm³/mol. The Kier molecular flexibility index (Phi) is 6.51. The van der Waals surface area contributed by atoms with E-state index in [-0.39, 0.29) is 0 Å². The molecule has 0 aliphatic carbocycles. The number of anilines is 1. The molecule has 0 aliphatic heterocycles. The van der Waals surface area contributed by atoms with Crippen molar-refractivity contribution in [2.24, 2.45) is 0 Å². The molecule has 1 aromatic carbocycles. The Morgan fingerprint density at radius 1 is 1.14 bits per heavy atom. The van der Waals surface area contributed by atoms with Crippen LogP contribution in [0.15, 0.2) is 53.2 Å². The van der Waals surface area contributed by atoms with E-state index in [1.807, 2.05) is 41.1 Å². The van der Waals surface area contributed by atoms with Gasteiger partial charge >= 0.3 is 6.09 Å². The second-order valence-corrected chi connectivity index (χ2v) is 5.89. The molecular formula is C17H19NO2S. The number of thiophene rings is 1. The highest BCUT2D eigenvalue weighted by Crippen LogP contribution is 2.16. The molecule has 0 bridgehead atoms. The van der Waals surface area contributed by atoms with Crippen LogP contribution in [-0.2, 0) is 4.74 Å². The molecule has 0 saturated heterocycles. The molecule has 1 amide bonds. The fourth-order valence-electron chi connectivity index (χ4n) is 1.34. The number of hydrogen-bond acceptors (Lipinski definition) is 3. The first-order valence-corrected chi connectivity index (χ1v) is 7.40. The maximum absolute atomic E-state index is 11.8. The molecule has 0 fully saturated rings. The third-order valence-electron chi connectivity index (χ3n) is 2.14. The summed E-state index contributed by atoms with van der Waals surface area (Å²) < 4.78 is 5.19. The van der Waals surface area contributed by atoms with Crippen LogP contribution in [0.5, 0.6) is 0 Å². The number of nitrogens with zero attached hydrogens (tertiary/aromatic N) is 1. The van der Waals surface area contributed by atoms with Gasteiger partial charge in [0, 0.05) is 6.04 Å². The molecule has 0 saturated carbocycles. The maximum Gasteiger partial charge on any atom is 0.426 e. The number of rotatable bonds is 1. The van der Waals surface area contributed by atoms with Crippen molar-refractivity contribution in [3.63, 3.8) is 0 Å². The van der Waals surface area contributed by atoms with Crippen molar-refractivity contribution in [3.8, 4) is 12.5 Å². The summed E-state index contributed by atoms with van der Waals surface area (Å²) in [6, 6.07) is 15.3. The minimum Gasteiger partial charge on any atom is -0.443 e. The van der Waals surface area contributed by atoms with Crippen LogP contribution in [-0.4, -0.2) is 11.7 Å². The Labute approximate surface area is 130 Å². The quantitative estimate of drug-likeness (QED) is 0.561. The van der Waals surface area contributed by atoms with Crippen LogP contribution in [0.1, 0.15) is 20.8 Å². The van der Waals surface area contributed by atoms with Gasteiger partial charge in [-0.2, -0.15) is 11.3 Å². The second kappa shape index (κ2) is 8.13. The van der Waals surface area contributed by atoms with Crippen LogP contribution in [0.25, 0.3) is 0 Å². The molecule has 3 nitrogen and oxygen atoms in total. The van der Waals surface area contributed by atoms with E-state index in [4.69, 9.17) is 11.2 Å². The first-order chi connectivity index (χ1) is 9.94. The average Bonchev–Trinajstić information content (AvgIpc) is 2.97. The standard InChI is InChI=1S/C13H15NO2.C4H4S/c1-5-14(11-9-7-6-8-10-11)12(15)16-13(2,3)4;1-2-4-5-3-1/h1,6-10H,2-4H3;1-4H. The molecule has 0 unspecified atom stereocenters. The smallest absolute Gasteiger partial charge is 0.426 e. The van der Waals surface area contributed by atoms with Gasteiger partial charge in [0.2, 0.25) is 0 Å².